The van der Waals surface area contributed by atoms with Crippen LogP contribution in [0.5, 0.6) is 0 Å². The third-order valence-electron chi connectivity index (χ3n) is 11.3. The maximum absolute atomic E-state index is 6.83. The molecule has 3 aromatic heterocycles. The third-order valence-corrected chi connectivity index (χ3v) is 11.3. The molecule has 0 saturated carbocycles. The Labute approximate surface area is 332 Å². The molecule has 8 aromatic carbocycles. The van der Waals surface area contributed by atoms with Crippen molar-refractivity contribution in [3.05, 3.63) is 199 Å². The summed E-state index contributed by atoms with van der Waals surface area (Å²) in [4.78, 5) is 15.5. The Morgan fingerprint density at radius 3 is 1.93 bits per heavy atom. The van der Waals surface area contributed by atoms with Crippen LogP contribution in [-0.2, 0) is 0 Å². The first-order valence-electron chi connectivity index (χ1n) is 19.5. The van der Waals surface area contributed by atoms with Gasteiger partial charge < -0.3 is 14.2 Å². The van der Waals surface area contributed by atoms with E-state index in [1.807, 2.05) is 54.6 Å². The predicted molar refractivity (Wildman–Crippen MR) is 237 cm³/mol. The van der Waals surface area contributed by atoms with Crippen LogP contribution in [0.2, 0.25) is 0 Å². The zero-order valence-electron chi connectivity index (χ0n) is 31.1. The van der Waals surface area contributed by atoms with Gasteiger partial charge in [-0.15, -0.1) is 0 Å². The molecule has 58 heavy (non-hydrogen) atoms. The van der Waals surface area contributed by atoms with Gasteiger partial charge in [0.15, 0.2) is 5.84 Å². The van der Waals surface area contributed by atoms with Gasteiger partial charge in [0.2, 0.25) is 0 Å². The topological polar surface area (TPSA) is 75.9 Å². The summed E-state index contributed by atoms with van der Waals surface area (Å²) in [6.45, 7) is 0. The number of nitrogens with one attached hydrogen (secondary N) is 1. The summed E-state index contributed by atoms with van der Waals surface area (Å²) in [5.41, 5.74) is 11.4. The Morgan fingerprint density at radius 1 is 0.431 bits per heavy atom. The van der Waals surface area contributed by atoms with Crippen LogP contribution in [-0.4, -0.2) is 16.7 Å². The molecule has 1 aliphatic heterocycles. The quantitative estimate of drug-likeness (QED) is 0.178. The van der Waals surface area contributed by atoms with E-state index in [-0.39, 0.29) is 6.17 Å². The number of aromatic nitrogens is 1. The lowest BCUT2D eigenvalue weighted by atomic mass is 9.95. The first-order chi connectivity index (χ1) is 28.7. The highest BCUT2D eigenvalue weighted by molar-refractivity contribution is 6.26. The molecule has 0 radical (unpaired) electrons. The summed E-state index contributed by atoms with van der Waals surface area (Å²) < 4.78 is 13.3. The molecule has 0 spiro atoms. The Morgan fingerprint density at radius 2 is 1.09 bits per heavy atom. The molecule has 4 heterocycles. The zero-order valence-corrected chi connectivity index (χ0v) is 31.1. The molecule has 6 nitrogen and oxygen atoms in total. The fourth-order valence-electron chi connectivity index (χ4n) is 8.62. The SMILES string of the molecule is c1ccc(C2=NC(c3cccc4c3oc3ccccc34)=NC(c3ccc(-c4cccc5oc6c(ccc7c(-c8ccccc8)nc8ccccc8c76)c45)cc3)N2)cc1. The van der Waals surface area contributed by atoms with Crippen molar-refractivity contribution >= 4 is 77.2 Å². The van der Waals surface area contributed by atoms with Gasteiger partial charge >= 0.3 is 0 Å². The summed E-state index contributed by atoms with van der Waals surface area (Å²) >= 11 is 0. The number of pyridine rings is 1. The van der Waals surface area contributed by atoms with Gasteiger partial charge in [0.25, 0.3) is 0 Å². The van der Waals surface area contributed by atoms with E-state index in [9.17, 15) is 0 Å². The number of rotatable bonds is 5. The summed E-state index contributed by atoms with van der Waals surface area (Å²) in [5.74, 6) is 1.38. The smallest absolute Gasteiger partial charge is 0.163 e. The van der Waals surface area contributed by atoms with Crippen molar-refractivity contribution < 1.29 is 8.83 Å². The lowest BCUT2D eigenvalue weighted by molar-refractivity contribution is 0.663. The summed E-state index contributed by atoms with van der Waals surface area (Å²) in [6, 6.07) is 62.7. The molecule has 1 unspecified atom stereocenters. The van der Waals surface area contributed by atoms with E-state index in [1.54, 1.807) is 0 Å². The number of benzene rings is 8. The molecule has 0 bridgehead atoms. The number of nitrogens with zero attached hydrogens (tertiary/aromatic N) is 3. The maximum Gasteiger partial charge on any atom is 0.163 e. The lowest BCUT2D eigenvalue weighted by Gasteiger charge is -2.24. The number of aliphatic imine (C=N–C) groups is 2. The lowest BCUT2D eigenvalue weighted by Crippen LogP contribution is -2.33. The van der Waals surface area contributed by atoms with E-state index in [1.165, 1.54) is 0 Å². The van der Waals surface area contributed by atoms with E-state index >= 15 is 0 Å². The molecule has 6 heteroatoms. The Bertz CT molecular complexity index is 3470. The number of furan rings is 2. The van der Waals surface area contributed by atoms with Crippen molar-refractivity contribution in [1.29, 1.82) is 0 Å². The van der Waals surface area contributed by atoms with Gasteiger partial charge in [-0.2, -0.15) is 0 Å². The van der Waals surface area contributed by atoms with E-state index in [0.29, 0.717) is 5.84 Å². The molecular weight excluding hydrogens is 713 g/mol. The molecule has 0 aliphatic carbocycles. The molecular formula is C52H32N4O2. The van der Waals surface area contributed by atoms with Crippen molar-refractivity contribution in [3.63, 3.8) is 0 Å². The van der Waals surface area contributed by atoms with Crippen LogP contribution in [0.3, 0.4) is 0 Å². The van der Waals surface area contributed by atoms with Gasteiger partial charge in [0.1, 0.15) is 34.3 Å². The maximum atomic E-state index is 6.83. The number of fused-ring (bicyclic) bond motifs is 10. The molecule has 1 aliphatic rings. The average molecular weight is 745 g/mol. The predicted octanol–water partition coefficient (Wildman–Crippen LogP) is 13.0. The van der Waals surface area contributed by atoms with Gasteiger partial charge in [-0.25, -0.2) is 15.0 Å². The van der Waals surface area contributed by atoms with Gasteiger partial charge in [-0.05, 0) is 47.0 Å². The number of hydrogen-bond acceptors (Lipinski definition) is 6. The first kappa shape index (κ1) is 32.4. The van der Waals surface area contributed by atoms with Gasteiger partial charge in [-0.3, -0.25) is 0 Å². The summed E-state index contributed by atoms with van der Waals surface area (Å²) in [5, 5.41) is 11.1. The Balaban J connectivity index is 0.981. The van der Waals surface area contributed by atoms with E-state index in [4.69, 9.17) is 23.8 Å². The van der Waals surface area contributed by atoms with Crippen molar-refractivity contribution in [3.8, 4) is 22.4 Å². The van der Waals surface area contributed by atoms with Crippen LogP contribution in [0, 0.1) is 0 Å². The van der Waals surface area contributed by atoms with Crippen LogP contribution >= 0.6 is 0 Å². The molecule has 11 aromatic rings. The largest absolute Gasteiger partial charge is 0.455 e. The standard InChI is InChI=1S/C52H32N4O2/c1-3-13-32(14-4-1)47-39-29-30-40-45-35(19-12-24-44(45)58-49(40)46(39)38-18-7-9-22-42(38)53-47)31-25-27-34(28-26-31)51-54-50(33-15-5-2-6-16-33)55-52(56-51)41-21-11-20-37-36-17-8-10-23-43(36)57-48(37)41/h1-30,51H,(H,54,55,56). The first-order valence-corrected chi connectivity index (χ1v) is 19.5. The number of para-hydroxylation sites is 3. The fourth-order valence-corrected chi connectivity index (χ4v) is 8.62. The third kappa shape index (κ3) is 5.09. The Kier molecular flexibility index (Phi) is 7.19. The second-order valence-electron chi connectivity index (χ2n) is 14.7. The van der Waals surface area contributed by atoms with Crippen LogP contribution in [0.15, 0.2) is 201 Å². The van der Waals surface area contributed by atoms with Crippen LogP contribution in [0.4, 0.5) is 0 Å². The molecule has 272 valence electrons. The van der Waals surface area contributed by atoms with Gasteiger partial charge in [0.05, 0.1) is 16.8 Å². The number of hydrogen-bond donors (Lipinski definition) is 1. The van der Waals surface area contributed by atoms with E-state index < -0.39 is 0 Å². The Hall–Kier alpha value is -7.83. The minimum absolute atomic E-state index is 0.381. The normalized spacial score (nSPS) is 14.4. The van der Waals surface area contributed by atoms with Crippen LogP contribution < -0.4 is 5.32 Å². The second-order valence-corrected chi connectivity index (χ2v) is 14.7. The molecule has 1 atom stereocenters. The van der Waals surface area contributed by atoms with Crippen molar-refractivity contribution in [1.82, 2.24) is 10.3 Å². The number of amidine groups is 2. The van der Waals surface area contributed by atoms with Crippen LogP contribution in [0.25, 0.3) is 87.9 Å². The van der Waals surface area contributed by atoms with Crippen molar-refractivity contribution in [2.75, 3.05) is 0 Å². The minimum atomic E-state index is -0.381. The van der Waals surface area contributed by atoms with E-state index in [2.05, 4.69) is 133 Å². The molecule has 0 fully saturated rings. The average Bonchev–Trinajstić information content (AvgIpc) is 3.88. The monoisotopic (exact) mass is 744 g/mol. The molecule has 0 saturated heterocycles. The minimum Gasteiger partial charge on any atom is -0.455 e. The highest BCUT2D eigenvalue weighted by atomic mass is 16.3. The highest BCUT2D eigenvalue weighted by Gasteiger charge is 2.24. The second kappa shape index (κ2) is 12.9. The zero-order chi connectivity index (χ0) is 38.2. The van der Waals surface area contributed by atoms with Crippen molar-refractivity contribution in [2.45, 2.75) is 6.17 Å². The van der Waals surface area contributed by atoms with Crippen LogP contribution in [0.1, 0.15) is 22.9 Å². The molecule has 0 amide bonds. The fraction of sp³-hybridized carbons (Fsp3) is 0.0192. The summed E-state index contributed by atoms with van der Waals surface area (Å²) in [7, 11) is 0. The highest BCUT2D eigenvalue weighted by Crippen LogP contribution is 2.43. The summed E-state index contributed by atoms with van der Waals surface area (Å²) in [6.07, 6.45) is -0.381. The van der Waals surface area contributed by atoms with E-state index in [0.717, 1.165) is 110 Å². The molecule has 12 rings (SSSR count). The van der Waals surface area contributed by atoms with Gasteiger partial charge in [-0.1, -0.05) is 152 Å². The molecule has 1 N–H and O–H groups in total. The van der Waals surface area contributed by atoms with Gasteiger partial charge in [0, 0.05) is 48.8 Å². The van der Waals surface area contributed by atoms with Crippen molar-refractivity contribution in [2.24, 2.45) is 9.98 Å².